The molecule has 4 rings (SSSR count). The fourth-order valence-electron chi connectivity index (χ4n) is 3.73. The summed E-state index contributed by atoms with van der Waals surface area (Å²) in [6, 6.07) is 6.38. The van der Waals surface area contributed by atoms with Crippen LogP contribution in [0.25, 0.3) is 28.0 Å². The number of aromatic nitrogens is 5. The molecule has 0 aliphatic carbocycles. The normalized spacial score (nSPS) is 13.0. The highest BCUT2D eigenvalue weighted by atomic mass is 35.5. The quantitative estimate of drug-likeness (QED) is 0.247. The number of ether oxygens (including phenoxy) is 2. The van der Waals surface area contributed by atoms with Gasteiger partial charge in [-0.1, -0.05) is 31.2 Å². The van der Waals surface area contributed by atoms with Crippen LogP contribution in [0.3, 0.4) is 0 Å². The number of fused-ring (bicyclic) bond motifs is 2. The lowest BCUT2D eigenvalue weighted by Gasteiger charge is -2.15. The Hall–Kier alpha value is -2.79. The third-order valence-corrected chi connectivity index (χ3v) is 7.51. The standard InChI is InChI=1S/C24H31ClN6O3Si/c1-16(13-33-2)28-24(32)18-12-30(15-34-8-9-35(3,4)5)23-22(18)29-21(11-26-23)31-14-27-19-10-17(25)6-7-20(19)31/h6-7,10-12,14,16H,8-9,13,15H2,1-5H3,(H,28,32)/t16-/m0/s1. The van der Waals surface area contributed by atoms with Crippen molar-refractivity contribution in [3.05, 3.63) is 47.5 Å². The predicted molar refractivity (Wildman–Crippen MR) is 140 cm³/mol. The van der Waals surface area contributed by atoms with Crippen LogP contribution in [0.15, 0.2) is 36.9 Å². The van der Waals surface area contributed by atoms with Crippen molar-refractivity contribution in [2.75, 3.05) is 20.3 Å². The number of carbonyl (C=O) groups excluding carboxylic acids is 1. The molecule has 0 unspecified atom stereocenters. The zero-order chi connectivity index (χ0) is 25.2. The Balaban J connectivity index is 1.70. The SMILES string of the molecule is COC[C@H](C)NC(=O)c1cn(COCC[Si](C)(C)C)c2ncc(-n3cnc4cc(Cl)ccc43)nc12. The molecule has 1 amide bonds. The largest absolute Gasteiger partial charge is 0.383 e. The summed E-state index contributed by atoms with van der Waals surface area (Å²) in [4.78, 5) is 27.0. The van der Waals surface area contributed by atoms with Crippen molar-refractivity contribution in [3.8, 4) is 5.82 Å². The van der Waals surface area contributed by atoms with E-state index in [1.165, 1.54) is 0 Å². The molecule has 35 heavy (non-hydrogen) atoms. The molecule has 3 aromatic heterocycles. The maximum Gasteiger partial charge on any atom is 0.255 e. The summed E-state index contributed by atoms with van der Waals surface area (Å²) in [7, 11) is 0.396. The zero-order valence-corrected chi connectivity index (χ0v) is 22.5. The van der Waals surface area contributed by atoms with Gasteiger partial charge < -0.3 is 19.4 Å². The second-order valence-electron chi connectivity index (χ2n) is 9.84. The summed E-state index contributed by atoms with van der Waals surface area (Å²) in [6.45, 7) is 10.2. The van der Waals surface area contributed by atoms with E-state index in [2.05, 4.69) is 34.9 Å². The highest BCUT2D eigenvalue weighted by Crippen LogP contribution is 2.24. The lowest BCUT2D eigenvalue weighted by molar-refractivity contribution is 0.0881. The molecule has 0 fully saturated rings. The number of hydrogen-bond acceptors (Lipinski definition) is 6. The Bertz CT molecular complexity index is 1350. The van der Waals surface area contributed by atoms with Crippen LogP contribution in [0.4, 0.5) is 0 Å². The summed E-state index contributed by atoms with van der Waals surface area (Å²) in [5.41, 5.74) is 3.10. The van der Waals surface area contributed by atoms with Gasteiger partial charge in [-0.3, -0.25) is 9.36 Å². The molecule has 186 valence electrons. The second kappa shape index (κ2) is 10.4. The van der Waals surface area contributed by atoms with Crippen LogP contribution >= 0.6 is 11.6 Å². The lowest BCUT2D eigenvalue weighted by Crippen LogP contribution is -2.35. The van der Waals surface area contributed by atoms with Gasteiger partial charge in [-0.2, -0.15) is 0 Å². The molecule has 0 aliphatic heterocycles. The first kappa shape index (κ1) is 25.3. The Morgan fingerprint density at radius 2 is 2.06 bits per heavy atom. The van der Waals surface area contributed by atoms with E-state index in [1.54, 1.807) is 38.0 Å². The van der Waals surface area contributed by atoms with Gasteiger partial charge in [-0.15, -0.1) is 0 Å². The van der Waals surface area contributed by atoms with Crippen LogP contribution in [0.1, 0.15) is 17.3 Å². The van der Waals surface area contributed by atoms with Crippen molar-refractivity contribution >= 4 is 47.8 Å². The van der Waals surface area contributed by atoms with Gasteiger partial charge in [0.1, 0.15) is 18.6 Å². The molecule has 3 heterocycles. The Labute approximate surface area is 210 Å². The smallest absolute Gasteiger partial charge is 0.255 e. The van der Waals surface area contributed by atoms with Crippen LogP contribution in [-0.2, 0) is 16.2 Å². The van der Waals surface area contributed by atoms with Gasteiger partial charge in [-0.25, -0.2) is 15.0 Å². The van der Waals surface area contributed by atoms with Gasteiger partial charge in [0, 0.05) is 39.1 Å². The van der Waals surface area contributed by atoms with Crippen LogP contribution in [0.5, 0.6) is 0 Å². The molecule has 1 N–H and O–H groups in total. The first-order valence-electron chi connectivity index (χ1n) is 11.5. The highest BCUT2D eigenvalue weighted by molar-refractivity contribution is 6.76. The van der Waals surface area contributed by atoms with Crippen LogP contribution < -0.4 is 5.32 Å². The van der Waals surface area contributed by atoms with Crippen LogP contribution in [0, 0.1) is 0 Å². The summed E-state index contributed by atoms with van der Waals surface area (Å²) in [6.07, 6.45) is 5.10. The van der Waals surface area contributed by atoms with Crippen molar-refractivity contribution in [1.82, 2.24) is 29.4 Å². The molecule has 0 aliphatic rings. The van der Waals surface area contributed by atoms with Gasteiger partial charge in [0.2, 0.25) is 0 Å². The molecule has 1 atom stereocenters. The fraction of sp³-hybridized carbons (Fsp3) is 0.417. The molecule has 0 saturated carbocycles. The number of rotatable bonds is 10. The number of imidazole rings is 1. The lowest BCUT2D eigenvalue weighted by atomic mass is 10.2. The van der Waals surface area contributed by atoms with Crippen molar-refractivity contribution in [2.45, 2.75) is 45.4 Å². The Morgan fingerprint density at radius 1 is 1.26 bits per heavy atom. The number of benzene rings is 1. The minimum Gasteiger partial charge on any atom is -0.383 e. The maximum atomic E-state index is 13.1. The van der Waals surface area contributed by atoms with E-state index < -0.39 is 8.07 Å². The van der Waals surface area contributed by atoms with E-state index >= 15 is 0 Å². The minimum absolute atomic E-state index is 0.155. The van der Waals surface area contributed by atoms with Crippen molar-refractivity contribution < 1.29 is 14.3 Å². The molecule has 0 spiro atoms. The molecule has 4 aromatic rings. The van der Waals surface area contributed by atoms with E-state index in [4.69, 9.17) is 26.1 Å². The van der Waals surface area contributed by atoms with E-state index in [0.717, 1.165) is 17.1 Å². The molecule has 1 aromatic carbocycles. The summed E-state index contributed by atoms with van der Waals surface area (Å²) >= 11 is 6.11. The average Bonchev–Trinajstić information content (AvgIpc) is 3.37. The van der Waals surface area contributed by atoms with E-state index in [9.17, 15) is 4.79 Å². The molecule has 0 radical (unpaired) electrons. The first-order valence-corrected chi connectivity index (χ1v) is 15.6. The molecule has 11 heteroatoms. The number of nitrogens with zero attached hydrogens (tertiary/aromatic N) is 5. The number of hydrogen-bond donors (Lipinski definition) is 1. The van der Waals surface area contributed by atoms with Crippen LogP contribution in [0.2, 0.25) is 30.7 Å². The average molecular weight is 515 g/mol. The number of halogens is 1. The van der Waals surface area contributed by atoms with Crippen molar-refractivity contribution in [1.29, 1.82) is 0 Å². The molecular formula is C24H31ClN6O3Si. The fourth-order valence-corrected chi connectivity index (χ4v) is 4.65. The van der Waals surface area contributed by atoms with Gasteiger partial charge in [0.05, 0.1) is 29.4 Å². The van der Waals surface area contributed by atoms with Crippen LogP contribution in [-0.4, -0.2) is 64.4 Å². The third-order valence-electron chi connectivity index (χ3n) is 5.57. The van der Waals surface area contributed by atoms with Gasteiger partial charge >= 0.3 is 0 Å². The number of methoxy groups -OCH3 is 1. The number of carbonyl (C=O) groups is 1. The maximum absolute atomic E-state index is 13.1. The zero-order valence-electron chi connectivity index (χ0n) is 20.7. The van der Waals surface area contributed by atoms with Crippen molar-refractivity contribution in [2.24, 2.45) is 0 Å². The predicted octanol–water partition coefficient (Wildman–Crippen LogP) is 4.50. The third kappa shape index (κ3) is 5.89. The minimum atomic E-state index is -1.21. The van der Waals surface area contributed by atoms with Gasteiger partial charge in [0.25, 0.3) is 5.91 Å². The summed E-state index contributed by atoms with van der Waals surface area (Å²) in [5, 5.41) is 3.58. The van der Waals surface area contributed by atoms with E-state index in [-0.39, 0.29) is 11.9 Å². The molecule has 9 nitrogen and oxygen atoms in total. The Kier molecular flexibility index (Phi) is 7.55. The number of amides is 1. The van der Waals surface area contributed by atoms with Crippen molar-refractivity contribution in [3.63, 3.8) is 0 Å². The number of nitrogens with one attached hydrogen (secondary N) is 1. The van der Waals surface area contributed by atoms with Gasteiger partial charge in [-0.05, 0) is 31.2 Å². The summed E-state index contributed by atoms with van der Waals surface area (Å²) < 4.78 is 14.8. The monoisotopic (exact) mass is 514 g/mol. The molecule has 0 bridgehead atoms. The topological polar surface area (TPSA) is 96.1 Å². The molecular weight excluding hydrogens is 484 g/mol. The first-order chi connectivity index (χ1) is 16.7. The molecule has 0 saturated heterocycles. The summed E-state index contributed by atoms with van der Waals surface area (Å²) in [5.74, 6) is 0.313. The van der Waals surface area contributed by atoms with Gasteiger partial charge in [0.15, 0.2) is 11.5 Å². The highest BCUT2D eigenvalue weighted by Gasteiger charge is 2.21. The van der Waals surface area contributed by atoms with E-state index in [1.807, 2.05) is 22.1 Å². The van der Waals surface area contributed by atoms with E-state index in [0.29, 0.717) is 47.5 Å². The Morgan fingerprint density at radius 3 is 2.80 bits per heavy atom. The second-order valence-corrected chi connectivity index (χ2v) is 15.9.